The molecular formula is C11H12BrClN2O2. The lowest BCUT2D eigenvalue weighted by Crippen LogP contribution is -2.46. The number of halogens is 2. The van der Waals surface area contributed by atoms with Gasteiger partial charge in [-0.3, -0.25) is 4.79 Å². The zero-order valence-electron chi connectivity index (χ0n) is 9.10. The Labute approximate surface area is 113 Å². The van der Waals surface area contributed by atoms with Crippen LogP contribution in [0.15, 0.2) is 18.3 Å². The summed E-state index contributed by atoms with van der Waals surface area (Å²) in [5.74, 6) is -0.0732. The van der Waals surface area contributed by atoms with Crippen molar-refractivity contribution in [1.82, 2.24) is 9.88 Å². The Bertz CT molecular complexity index is 399. The van der Waals surface area contributed by atoms with Gasteiger partial charge < -0.3 is 9.64 Å². The van der Waals surface area contributed by atoms with Crippen LogP contribution in [-0.2, 0) is 4.74 Å². The minimum Gasteiger partial charge on any atom is -0.374 e. The quantitative estimate of drug-likeness (QED) is 0.783. The van der Waals surface area contributed by atoms with Gasteiger partial charge in [0.05, 0.1) is 17.7 Å². The van der Waals surface area contributed by atoms with Gasteiger partial charge in [-0.1, -0.05) is 27.5 Å². The number of rotatable bonds is 2. The second-order valence-corrected chi connectivity index (χ2v) is 4.84. The molecule has 92 valence electrons. The van der Waals surface area contributed by atoms with Crippen LogP contribution in [0.4, 0.5) is 0 Å². The predicted octanol–water partition coefficient (Wildman–Crippen LogP) is 1.97. The molecule has 1 aromatic heterocycles. The van der Waals surface area contributed by atoms with E-state index in [4.69, 9.17) is 16.3 Å². The number of amides is 1. The molecule has 0 aliphatic carbocycles. The average Bonchev–Trinajstić information content (AvgIpc) is 2.39. The molecule has 2 heterocycles. The Morgan fingerprint density at radius 3 is 3.12 bits per heavy atom. The van der Waals surface area contributed by atoms with Crippen molar-refractivity contribution in [3.8, 4) is 0 Å². The summed E-state index contributed by atoms with van der Waals surface area (Å²) in [5, 5.41) is 1.26. The highest BCUT2D eigenvalue weighted by molar-refractivity contribution is 9.09. The fraction of sp³-hybridized carbons (Fsp3) is 0.455. The third-order valence-corrected chi connectivity index (χ3v) is 3.49. The zero-order valence-corrected chi connectivity index (χ0v) is 11.4. The van der Waals surface area contributed by atoms with Gasteiger partial charge in [-0.15, -0.1) is 0 Å². The van der Waals surface area contributed by atoms with Gasteiger partial charge in [0.25, 0.3) is 5.91 Å². The topological polar surface area (TPSA) is 42.4 Å². The second-order valence-electron chi connectivity index (χ2n) is 3.76. The first-order valence-electron chi connectivity index (χ1n) is 5.29. The van der Waals surface area contributed by atoms with Gasteiger partial charge in [0, 0.05) is 24.6 Å². The number of ether oxygens (including phenoxy) is 1. The maximum atomic E-state index is 12.1. The van der Waals surface area contributed by atoms with Gasteiger partial charge >= 0.3 is 0 Å². The van der Waals surface area contributed by atoms with E-state index in [1.807, 2.05) is 0 Å². The minimum absolute atomic E-state index is 0.0556. The molecule has 6 heteroatoms. The first-order chi connectivity index (χ1) is 8.20. The summed E-state index contributed by atoms with van der Waals surface area (Å²) < 4.78 is 5.48. The summed E-state index contributed by atoms with van der Waals surface area (Å²) in [4.78, 5) is 17.9. The monoisotopic (exact) mass is 318 g/mol. The van der Waals surface area contributed by atoms with E-state index in [9.17, 15) is 4.79 Å². The molecule has 0 radical (unpaired) electrons. The molecule has 1 saturated heterocycles. The number of carbonyl (C=O) groups excluding carboxylic acids is 1. The predicted molar refractivity (Wildman–Crippen MR) is 68.7 cm³/mol. The molecule has 1 fully saturated rings. The lowest BCUT2D eigenvalue weighted by molar-refractivity contribution is -0.00987. The van der Waals surface area contributed by atoms with Crippen LogP contribution in [0.1, 0.15) is 10.5 Å². The van der Waals surface area contributed by atoms with Crippen molar-refractivity contribution in [3.05, 3.63) is 29.0 Å². The van der Waals surface area contributed by atoms with Gasteiger partial charge in [-0.25, -0.2) is 4.98 Å². The highest BCUT2D eigenvalue weighted by Crippen LogP contribution is 2.12. The summed E-state index contributed by atoms with van der Waals surface area (Å²) in [6.07, 6.45) is 1.54. The van der Waals surface area contributed by atoms with E-state index in [-0.39, 0.29) is 12.0 Å². The number of carbonyl (C=O) groups is 1. The van der Waals surface area contributed by atoms with Gasteiger partial charge in [0.2, 0.25) is 0 Å². The minimum atomic E-state index is -0.0732. The van der Waals surface area contributed by atoms with E-state index in [2.05, 4.69) is 20.9 Å². The van der Waals surface area contributed by atoms with Crippen molar-refractivity contribution in [1.29, 1.82) is 0 Å². The van der Waals surface area contributed by atoms with Gasteiger partial charge in [-0.05, 0) is 12.1 Å². The highest BCUT2D eigenvalue weighted by atomic mass is 79.9. The average molecular weight is 320 g/mol. The molecule has 17 heavy (non-hydrogen) atoms. The van der Waals surface area contributed by atoms with Gasteiger partial charge in [-0.2, -0.15) is 0 Å². The summed E-state index contributed by atoms with van der Waals surface area (Å²) in [6.45, 7) is 1.76. The van der Waals surface area contributed by atoms with E-state index in [1.165, 1.54) is 6.20 Å². The largest absolute Gasteiger partial charge is 0.374 e. The van der Waals surface area contributed by atoms with E-state index < -0.39 is 0 Å². The van der Waals surface area contributed by atoms with Crippen molar-refractivity contribution < 1.29 is 9.53 Å². The van der Waals surface area contributed by atoms with E-state index in [0.29, 0.717) is 30.4 Å². The Morgan fingerprint density at radius 2 is 2.47 bits per heavy atom. The fourth-order valence-electron chi connectivity index (χ4n) is 1.66. The third kappa shape index (κ3) is 3.18. The molecule has 1 aliphatic heterocycles. The number of alkyl halides is 1. The molecule has 1 amide bonds. The molecular weight excluding hydrogens is 307 g/mol. The molecule has 1 aromatic rings. The fourth-order valence-corrected chi connectivity index (χ4v) is 2.16. The van der Waals surface area contributed by atoms with E-state index >= 15 is 0 Å². The Kier molecular flexibility index (Phi) is 4.36. The number of aromatic nitrogens is 1. The highest BCUT2D eigenvalue weighted by Gasteiger charge is 2.24. The molecule has 1 atom stereocenters. The Hall–Kier alpha value is -0.650. The van der Waals surface area contributed by atoms with Gasteiger partial charge in [0.1, 0.15) is 5.69 Å². The van der Waals surface area contributed by atoms with Crippen LogP contribution in [0.2, 0.25) is 5.02 Å². The normalized spacial score (nSPS) is 20.4. The number of hydrogen-bond donors (Lipinski definition) is 0. The molecule has 0 saturated carbocycles. The SMILES string of the molecule is O=C(c1ccc(Cl)cn1)N1CCOC(CBr)C1. The third-order valence-electron chi connectivity index (χ3n) is 2.54. The lowest BCUT2D eigenvalue weighted by Gasteiger charge is -2.31. The first kappa shape index (κ1) is 12.8. The van der Waals surface area contributed by atoms with E-state index in [1.54, 1.807) is 17.0 Å². The maximum absolute atomic E-state index is 12.1. The van der Waals surface area contributed by atoms with Crippen LogP contribution < -0.4 is 0 Å². The number of nitrogens with zero attached hydrogens (tertiary/aromatic N) is 2. The maximum Gasteiger partial charge on any atom is 0.272 e. The molecule has 0 spiro atoms. The standard InChI is InChI=1S/C11H12BrClN2O2/c12-5-9-7-15(3-4-17-9)11(16)10-2-1-8(13)6-14-10/h1-2,6,9H,3-5,7H2. The Balaban J connectivity index is 2.06. The number of hydrogen-bond acceptors (Lipinski definition) is 3. The van der Waals surface area contributed by atoms with Crippen LogP contribution in [0.5, 0.6) is 0 Å². The van der Waals surface area contributed by atoms with Crippen molar-refractivity contribution >= 4 is 33.4 Å². The van der Waals surface area contributed by atoms with Gasteiger partial charge in [0.15, 0.2) is 0 Å². The molecule has 0 aromatic carbocycles. The van der Waals surface area contributed by atoms with Crippen molar-refractivity contribution in [2.45, 2.75) is 6.10 Å². The molecule has 0 N–H and O–H groups in total. The summed E-state index contributed by atoms with van der Waals surface area (Å²) in [7, 11) is 0. The molecule has 0 bridgehead atoms. The van der Waals surface area contributed by atoms with E-state index in [0.717, 1.165) is 5.33 Å². The summed E-state index contributed by atoms with van der Waals surface area (Å²) >= 11 is 9.09. The molecule has 4 nitrogen and oxygen atoms in total. The molecule has 1 unspecified atom stereocenters. The van der Waals surface area contributed by atoms with Crippen molar-refractivity contribution in [3.63, 3.8) is 0 Å². The molecule has 2 rings (SSSR count). The second kappa shape index (κ2) is 5.80. The van der Waals surface area contributed by atoms with Crippen molar-refractivity contribution in [2.24, 2.45) is 0 Å². The summed E-state index contributed by atoms with van der Waals surface area (Å²) in [5.41, 5.74) is 0.421. The van der Waals surface area contributed by atoms with Crippen LogP contribution >= 0.6 is 27.5 Å². The van der Waals surface area contributed by atoms with Crippen molar-refractivity contribution in [2.75, 3.05) is 25.0 Å². The van der Waals surface area contributed by atoms with Crippen LogP contribution in [0, 0.1) is 0 Å². The smallest absolute Gasteiger partial charge is 0.272 e. The number of morpholine rings is 1. The lowest BCUT2D eigenvalue weighted by atomic mass is 10.2. The van der Waals surface area contributed by atoms with Crippen LogP contribution in [-0.4, -0.2) is 46.9 Å². The zero-order chi connectivity index (χ0) is 12.3. The van der Waals surface area contributed by atoms with Crippen LogP contribution in [0.25, 0.3) is 0 Å². The van der Waals surface area contributed by atoms with Crippen LogP contribution in [0.3, 0.4) is 0 Å². The summed E-state index contributed by atoms with van der Waals surface area (Å²) in [6, 6.07) is 3.31. The first-order valence-corrected chi connectivity index (χ1v) is 6.79. The number of pyridine rings is 1. The molecule has 1 aliphatic rings. The Morgan fingerprint density at radius 1 is 1.65 bits per heavy atom.